The van der Waals surface area contributed by atoms with Crippen LogP contribution in [0.1, 0.15) is 55.5 Å². The summed E-state index contributed by atoms with van der Waals surface area (Å²) in [5.41, 5.74) is 1.74. The number of amides is 1. The smallest absolute Gasteiger partial charge is 0.251 e. The third-order valence-corrected chi connectivity index (χ3v) is 6.00. The fourth-order valence-corrected chi connectivity index (χ4v) is 4.12. The number of thioether (sulfide) groups is 1. The van der Waals surface area contributed by atoms with Gasteiger partial charge in [0.15, 0.2) is 5.16 Å². The summed E-state index contributed by atoms with van der Waals surface area (Å²) in [4.78, 5) is 23.7. The number of anilines is 1. The van der Waals surface area contributed by atoms with Gasteiger partial charge in [0.25, 0.3) is 5.91 Å². The fraction of sp³-hybridized carbons (Fsp3) is 0.476. The van der Waals surface area contributed by atoms with E-state index in [1.54, 1.807) is 0 Å². The molecule has 0 aliphatic carbocycles. The van der Waals surface area contributed by atoms with Gasteiger partial charge in [-0.1, -0.05) is 42.4 Å². The molecule has 1 aliphatic heterocycles. The molecule has 3 rings (SSSR count). The van der Waals surface area contributed by atoms with E-state index in [-0.39, 0.29) is 11.9 Å². The van der Waals surface area contributed by atoms with Crippen molar-refractivity contribution >= 4 is 35.1 Å². The Morgan fingerprint density at radius 1 is 1.25 bits per heavy atom. The molecule has 1 amide bonds. The molecule has 2 aromatic rings. The summed E-state index contributed by atoms with van der Waals surface area (Å²) in [6, 6.07) is 9.72. The summed E-state index contributed by atoms with van der Waals surface area (Å²) in [5.74, 6) is 1.56. The lowest BCUT2D eigenvalue weighted by Gasteiger charge is -2.27. The van der Waals surface area contributed by atoms with Gasteiger partial charge >= 0.3 is 0 Å². The Morgan fingerprint density at radius 2 is 2.04 bits per heavy atom. The van der Waals surface area contributed by atoms with Crippen molar-refractivity contribution in [2.45, 2.75) is 56.5 Å². The summed E-state index contributed by atoms with van der Waals surface area (Å²) in [7, 11) is 0. The van der Waals surface area contributed by atoms with Crippen LogP contribution in [0.4, 0.5) is 5.82 Å². The van der Waals surface area contributed by atoms with E-state index in [2.05, 4.69) is 22.1 Å². The lowest BCUT2D eigenvalue weighted by Crippen LogP contribution is -2.31. The summed E-state index contributed by atoms with van der Waals surface area (Å²) >= 11 is 7.78. The highest BCUT2D eigenvalue weighted by Gasteiger charge is 2.15. The van der Waals surface area contributed by atoms with Crippen molar-refractivity contribution in [1.82, 2.24) is 15.3 Å². The van der Waals surface area contributed by atoms with Crippen molar-refractivity contribution in [3.05, 3.63) is 46.6 Å². The highest BCUT2D eigenvalue weighted by molar-refractivity contribution is 7.98. The number of nitrogens with one attached hydrogen (secondary N) is 1. The van der Waals surface area contributed by atoms with Crippen molar-refractivity contribution in [3.8, 4) is 0 Å². The van der Waals surface area contributed by atoms with Crippen LogP contribution in [-0.4, -0.2) is 35.0 Å². The van der Waals surface area contributed by atoms with Crippen LogP contribution < -0.4 is 10.2 Å². The SMILES string of the molecule is CCC(C)NC(=O)c1cccc(CSc2nc(Cl)cc(N3CCCCC3)n2)c1. The Kier molecular flexibility index (Phi) is 7.57. The monoisotopic (exact) mass is 418 g/mol. The maximum atomic E-state index is 12.3. The minimum Gasteiger partial charge on any atom is -0.356 e. The predicted octanol–water partition coefficient (Wildman–Crippen LogP) is 4.94. The highest BCUT2D eigenvalue weighted by atomic mass is 35.5. The maximum Gasteiger partial charge on any atom is 0.251 e. The average molecular weight is 419 g/mol. The van der Waals surface area contributed by atoms with Gasteiger partial charge in [-0.05, 0) is 50.3 Å². The molecule has 0 saturated carbocycles. The van der Waals surface area contributed by atoms with E-state index in [1.165, 1.54) is 31.0 Å². The number of halogens is 1. The molecule has 0 radical (unpaired) electrons. The Labute approximate surface area is 176 Å². The van der Waals surface area contributed by atoms with Crippen LogP contribution in [0.25, 0.3) is 0 Å². The van der Waals surface area contributed by atoms with Gasteiger partial charge in [0.05, 0.1) is 0 Å². The van der Waals surface area contributed by atoms with Crippen molar-refractivity contribution in [2.24, 2.45) is 0 Å². The number of piperidine rings is 1. The summed E-state index contributed by atoms with van der Waals surface area (Å²) in [6.45, 7) is 6.10. The van der Waals surface area contributed by atoms with Crippen LogP contribution in [0, 0.1) is 0 Å². The quantitative estimate of drug-likeness (QED) is 0.392. The first-order valence-corrected chi connectivity index (χ1v) is 11.2. The molecule has 1 unspecified atom stereocenters. The maximum absolute atomic E-state index is 12.3. The lowest BCUT2D eigenvalue weighted by atomic mass is 10.1. The first-order valence-electron chi connectivity index (χ1n) is 9.87. The van der Waals surface area contributed by atoms with Crippen LogP contribution in [-0.2, 0) is 5.75 Å². The zero-order valence-electron chi connectivity index (χ0n) is 16.4. The molecule has 0 spiro atoms. The van der Waals surface area contributed by atoms with Crippen molar-refractivity contribution in [3.63, 3.8) is 0 Å². The molecule has 1 fully saturated rings. The van der Waals surface area contributed by atoms with E-state index in [4.69, 9.17) is 16.6 Å². The number of hydrogen-bond donors (Lipinski definition) is 1. The van der Waals surface area contributed by atoms with E-state index in [9.17, 15) is 4.79 Å². The van der Waals surface area contributed by atoms with Crippen LogP contribution >= 0.6 is 23.4 Å². The molecule has 150 valence electrons. The zero-order valence-corrected chi connectivity index (χ0v) is 18.0. The molecule has 1 atom stereocenters. The van der Waals surface area contributed by atoms with Crippen LogP contribution in [0.15, 0.2) is 35.5 Å². The number of hydrogen-bond acceptors (Lipinski definition) is 5. The third-order valence-electron chi connectivity index (χ3n) is 4.89. The summed E-state index contributed by atoms with van der Waals surface area (Å²) < 4.78 is 0. The van der Waals surface area contributed by atoms with Crippen molar-refractivity contribution in [2.75, 3.05) is 18.0 Å². The van der Waals surface area contributed by atoms with E-state index in [0.717, 1.165) is 30.9 Å². The molecule has 5 nitrogen and oxygen atoms in total. The predicted molar refractivity (Wildman–Crippen MR) is 116 cm³/mol. The Hall–Kier alpha value is -1.79. The van der Waals surface area contributed by atoms with Gasteiger partial charge in [-0.3, -0.25) is 4.79 Å². The van der Waals surface area contributed by atoms with E-state index >= 15 is 0 Å². The number of nitrogens with zero attached hydrogens (tertiary/aromatic N) is 3. The van der Waals surface area contributed by atoms with E-state index in [0.29, 0.717) is 21.6 Å². The Morgan fingerprint density at radius 3 is 2.79 bits per heavy atom. The molecule has 1 aromatic carbocycles. The molecule has 7 heteroatoms. The highest BCUT2D eigenvalue weighted by Crippen LogP contribution is 2.26. The van der Waals surface area contributed by atoms with Crippen LogP contribution in [0.2, 0.25) is 5.15 Å². The van der Waals surface area contributed by atoms with Crippen LogP contribution in [0.3, 0.4) is 0 Å². The Balaban J connectivity index is 1.66. The molecule has 28 heavy (non-hydrogen) atoms. The third kappa shape index (κ3) is 5.85. The van der Waals surface area contributed by atoms with Gasteiger partial charge in [0, 0.05) is 36.5 Å². The van der Waals surface area contributed by atoms with E-state index < -0.39 is 0 Å². The number of rotatable bonds is 7. The minimum atomic E-state index is -0.0346. The summed E-state index contributed by atoms with van der Waals surface area (Å²) in [5, 5.41) is 4.15. The fourth-order valence-electron chi connectivity index (χ4n) is 3.09. The van der Waals surface area contributed by atoms with Crippen LogP contribution in [0.5, 0.6) is 0 Å². The number of carbonyl (C=O) groups excluding carboxylic acids is 1. The number of aromatic nitrogens is 2. The lowest BCUT2D eigenvalue weighted by molar-refractivity contribution is 0.0939. The van der Waals surface area contributed by atoms with Gasteiger partial charge in [-0.25, -0.2) is 9.97 Å². The molecule has 1 aliphatic rings. The van der Waals surface area contributed by atoms with Crippen molar-refractivity contribution < 1.29 is 4.79 Å². The standard InChI is InChI=1S/C21H27ClN4OS/c1-3-15(2)23-20(27)17-9-7-8-16(12-17)14-28-21-24-18(22)13-19(25-21)26-10-5-4-6-11-26/h7-9,12-13,15H,3-6,10-11,14H2,1-2H3,(H,23,27). The molecule has 1 saturated heterocycles. The van der Waals surface area contributed by atoms with Gasteiger partial charge < -0.3 is 10.2 Å². The normalized spacial score (nSPS) is 15.3. The average Bonchev–Trinajstić information content (AvgIpc) is 2.72. The minimum absolute atomic E-state index is 0.0346. The largest absolute Gasteiger partial charge is 0.356 e. The number of carbonyl (C=O) groups is 1. The molecular weight excluding hydrogens is 392 g/mol. The molecule has 1 aromatic heterocycles. The first kappa shape index (κ1) is 20.9. The second kappa shape index (κ2) is 10.1. The second-order valence-electron chi connectivity index (χ2n) is 7.15. The first-order chi connectivity index (χ1) is 13.5. The molecule has 0 bridgehead atoms. The topological polar surface area (TPSA) is 58.1 Å². The zero-order chi connectivity index (χ0) is 19.9. The van der Waals surface area contributed by atoms with Gasteiger partial charge in [-0.15, -0.1) is 0 Å². The summed E-state index contributed by atoms with van der Waals surface area (Å²) in [6.07, 6.45) is 4.57. The second-order valence-corrected chi connectivity index (χ2v) is 8.48. The van der Waals surface area contributed by atoms with E-state index in [1.807, 2.05) is 37.3 Å². The van der Waals surface area contributed by atoms with Gasteiger partial charge in [0.2, 0.25) is 0 Å². The van der Waals surface area contributed by atoms with Gasteiger partial charge in [-0.2, -0.15) is 0 Å². The Bertz CT molecular complexity index is 811. The number of benzene rings is 1. The van der Waals surface area contributed by atoms with Gasteiger partial charge in [0.1, 0.15) is 11.0 Å². The molecule has 2 heterocycles. The van der Waals surface area contributed by atoms with Crippen molar-refractivity contribution in [1.29, 1.82) is 0 Å². The molecule has 1 N–H and O–H groups in total. The molecular formula is C21H27ClN4OS.